The maximum atomic E-state index is 13.0. The molecule has 4 heteroatoms. The van der Waals surface area contributed by atoms with Crippen molar-refractivity contribution in [1.82, 2.24) is 0 Å². The van der Waals surface area contributed by atoms with Gasteiger partial charge in [-0.2, -0.15) is 0 Å². The van der Waals surface area contributed by atoms with Gasteiger partial charge in [-0.05, 0) is 37.1 Å². The zero-order valence-corrected chi connectivity index (χ0v) is 9.97. The number of hydrogen-bond acceptors (Lipinski definition) is 1. The molecule has 17 heavy (non-hydrogen) atoms. The Morgan fingerprint density at radius 2 is 2.00 bits per heavy atom. The molecule has 1 aromatic heterocycles. The van der Waals surface area contributed by atoms with Crippen LogP contribution in [0.25, 0.3) is 0 Å². The summed E-state index contributed by atoms with van der Waals surface area (Å²) in [6.07, 6.45) is 1.99. The van der Waals surface area contributed by atoms with Gasteiger partial charge in [0.2, 0.25) is 0 Å². The fraction of sp³-hybridized carbons (Fsp3) is 0.231. The summed E-state index contributed by atoms with van der Waals surface area (Å²) >= 11 is 6.20. The van der Waals surface area contributed by atoms with E-state index in [-0.39, 0.29) is 5.38 Å². The predicted octanol–water partition coefficient (Wildman–Crippen LogP) is 4.39. The van der Waals surface area contributed by atoms with Gasteiger partial charge in [-0.15, -0.1) is 11.6 Å². The fourth-order valence-electron chi connectivity index (χ4n) is 1.70. The van der Waals surface area contributed by atoms with Gasteiger partial charge in [0, 0.05) is 5.56 Å². The van der Waals surface area contributed by atoms with Crippen LogP contribution in [0, 0.1) is 18.6 Å². The fourth-order valence-corrected chi connectivity index (χ4v) is 2.11. The lowest BCUT2D eigenvalue weighted by atomic mass is 10.0. The number of hydrogen-bond donors (Lipinski definition) is 0. The molecule has 2 rings (SSSR count). The Labute approximate surface area is 103 Å². The van der Waals surface area contributed by atoms with E-state index in [4.69, 9.17) is 16.0 Å². The molecule has 0 amide bonds. The number of alkyl halides is 1. The Bertz CT molecular complexity index is 522. The van der Waals surface area contributed by atoms with Crippen LogP contribution in [0.2, 0.25) is 0 Å². The van der Waals surface area contributed by atoms with Crippen LogP contribution in [0.4, 0.5) is 8.78 Å². The average Bonchev–Trinajstić information content (AvgIpc) is 2.70. The van der Waals surface area contributed by atoms with E-state index in [1.807, 2.05) is 6.92 Å². The van der Waals surface area contributed by atoms with Gasteiger partial charge >= 0.3 is 0 Å². The molecule has 0 aliphatic heterocycles. The van der Waals surface area contributed by atoms with Gasteiger partial charge < -0.3 is 4.42 Å². The summed E-state index contributed by atoms with van der Waals surface area (Å²) in [5, 5.41) is -0.307. The minimum Gasteiger partial charge on any atom is -0.469 e. The summed E-state index contributed by atoms with van der Waals surface area (Å²) in [6, 6.07) is 5.59. The van der Waals surface area contributed by atoms with Crippen molar-refractivity contribution in [3.8, 4) is 0 Å². The highest BCUT2D eigenvalue weighted by Crippen LogP contribution is 2.28. The normalized spacial score (nSPS) is 12.7. The smallest absolute Gasteiger partial charge is 0.159 e. The van der Waals surface area contributed by atoms with Crippen LogP contribution in [-0.4, -0.2) is 0 Å². The first-order chi connectivity index (χ1) is 8.08. The Kier molecular flexibility index (Phi) is 3.48. The molecule has 0 aliphatic carbocycles. The lowest BCUT2D eigenvalue weighted by Crippen LogP contribution is -1.97. The first-order valence-corrected chi connectivity index (χ1v) is 5.63. The summed E-state index contributed by atoms with van der Waals surface area (Å²) in [5.41, 5.74) is 1.53. The van der Waals surface area contributed by atoms with Gasteiger partial charge in [-0.3, -0.25) is 0 Å². The van der Waals surface area contributed by atoms with Gasteiger partial charge in [0.25, 0.3) is 0 Å². The van der Waals surface area contributed by atoms with Crippen LogP contribution >= 0.6 is 11.6 Å². The standard InChI is InChI=1S/C13H11ClF2O/c1-8-10(4-5-17-8)11(14)6-9-2-3-12(15)13(16)7-9/h2-5,7,11H,6H2,1H3. The average molecular weight is 257 g/mol. The molecule has 0 bridgehead atoms. The van der Waals surface area contributed by atoms with E-state index in [9.17, 15) is 8.78 Å². The number of furan rings is 1. The Balaban J connectivity index is 2.16. The van der Waals surface area contributed by atoms with Crippen LogP contribution in [0.5, 0.6) is 0 Å². The quantitative estimate of drug-likeness (QED) is 0.743. The molecule has 1 heterocycles. The van der Waals surface area contributed by atoms with Crippen LogP contribution in [0.15, 0.2) is 34.9 Å². The highest BCUT2D eigenvalue weighted by atomic mass is 35.5. The molecule has 0 saturated heterocycles. The van der Waals surface area contributed by atoms with Crippen molar-refractivity contribution in [3.63, 3.8) is 0 Å². The molecule has 0 radical (unpaired) electrons. The third-order valence-corrected chi connectivity index (χ3v) is 3.02. The van der Waals surface area contributed by atoms with E-state index in [1.165, 1.54) is 12.1 Å². The highest BCUT2D eigenvalue weighted by molar-refractivity contribution is 6.21. The van der Waals surface area contributed by atoms with Gasteiger partial charge in [0.1, 0.15) is 5.76 Å². The van der Waals surface area contributed by atoms with E-state index in [0.717, 1.165) is 17.4 Å². The van der Waals surface area contributed by atoms with Crippen molar-refractivity contribution in [2.24, 2.45) is 0 Å². The second kappa shape index (κ2) is 4.88. The molecule has 0 fully saturated rings. The number of benzene rings is 1. The van der Waals surface area contributed by atoms with Crippen molar-refractivity contribution in [2.45, 2.75) is 18.7 Å². The Hall–Kier alpha value is -1.35. The van der Waals surface area contributed by atoms with Crippen LogP contribution in [-0.2, 0) is 6.42 Å². The third-order valence-electron chi connectivity index (χ3n) is 2.64. The highest BCUT2D eigenvalue weighted by Gasteiger charge is 2.14. The SMILES string of the molecule is Cc1occc1C(Cl)Cc1ccc(F)c(F)c1. The van der Waals surface area contributed by atoms with E-state index in [2.05, 4.69) is 0 Å². The minimum absolute atomic E-state index is 0.307. The largest absolute Gasteiger partial charge is 0.469 e. The molecule has 0 spiro atoms. The lowest BCUT2D eigenvalue weighted by Gasteiger charge is -2.08. The lowest BCUT2D eigenvalue weighted by molar-refractivity contribution is 0.506. The second-order valence-corrected chi connectivity index (χ2v) is 4.38. The maximum Gasteiger partial charge on any atom is 0.159 e. The molecule has 0 saturated carbocycles. The number of rotatable bonds is 3. The van der Waals surface area contributed by atoms with Crippen molar-refractivity contribution < 1.29 is 13.2 Å². The van der Waals surface area contributed by atoms with E-state index < -0.39 is 11.6 Å². The third kappa shape index (κ3) is 2.67. The molecule has 0 aliphatic rings. The summed E-state index contributed by atoms with van der Waals surface area (Å²) in [4.78, 5) is 0. The molecular weight excluding hydrogens is 246 g/mol. The molecule has 0 N–H and O–H groups in total. The molecule has 1 nitrogen and oxygen atoms in total. The Morgan fingerprint density at radius 3 is 2.59 bits per heavy atom. The van der Waals surface area contributed by atoms with Crippen molar-refractivity contribution in [2.75, 3.05) is 0 Å². The van der Waals surface area contributed by atoms with Gasteiger partial charge in [0.05, 0.1) is 11.6 Å². The predicted molar refractivity (Wildman–Crippen MR) is 62.1 cm³/mol. The zero-order chi connectivity index (χ0) is 12.4. The summed E-state index contributed by atoms with van der Waals surface area (Å²) in [7, 11) is 0. The topological polar surface area (TPSA) is 13.1 Å². The van der Waals surface area contributed by atoms with Crippen LogP contribution in [0.1, 0.15) is 22.3 Å². The molecule has 1 aromatic carbocycles. The molecule has 2 aromatic rings. The first-order valence-electron chi connectivity index (χ1n) is 5.20. The van der Waals surface area contributed by atoms with Crippen molar-refractivity contribution >= 4 is 11.6 Å². The van der Waals surface area contributed by atoms with Gasteiger partial charge in [0.15, 0.2) is 11.6 Å². The summed E-state index contributed by atoms with van der Waals surface area (Å²) < 4.78 is 30.9. The van der Waals surface area contributed by atoms with Crippen LogP contribution in [0.3, 0.4) is 0 Å². The summed E-state index contributed by atoms with van der Waals surface area (Å²) in [5.74, 6) is -0.956. The zero-order valence-electron chi connectivity index (χ0n) is 9.21. The van der Waals surface area contributed by atoms with Crippen molar-refractivity contribution in [1.29, 1.82) is 0 Å². The number of halogens is 3. The molecular formula is C13H11ClF2O. The van der Waals surface area contributed by atoms with Gasteiger partial charge in [-0.1, -0.05) is 6.07 Å². The van der Waals surface area contributed by atoms with E-state index in [0.29, 0.717) is 12.0 Å². The number of aryl methyl sites for hydroxylation is 1. The Morgan fingerprint density at radius 1 is 1.24 bits per heavy atom. The summed E-state index contributed by atoms with van der Waals surface area (Å²) in [6.45, 7) is 1.82. The molecule has 90 valence electrons. The second-order valence-electron chi connectivity index (χ2n) is 3.85. The first kappa shape index (κ1) is 12.1. The van der Waals surface area contributed by atoms with Crippen molar-refractivity contribution in [3.05, 3.63) is 59.1 Å². The molecule has 1 unspecified atom stereocenters. The monoisotopic (exact) mass is 256 g/mol. The van der Waals surface area contributed by atoms with E-state index >= 15 is 0 Å². The van der Waals surface area contributed by atoms with Gasteiger partial charge in [-0.25, -0.2) is 8.78 Å². The molecule has 1 atom stereocenters. The minimum atomic E-state index is -0.852. The van der Waals surface area contributed by atoms with E-state index in [1.54, 1.807) is 12.3 Å². The maximum absolute atomic E-state index is 13.0. The van der Waals surface area contributed by atoms with Crippen LogP contribution < -0.4 is 0 Å².